The van der Waals surface area contributed by atoms with E-state index in [0.717, 1.165) is 11.3 Å². The number of ether oxygens (including phenoxy) is 1. The van der Waals surface area contributed by atoms with Crippen LogP contribution in [-0.2, 0) is 6.42 Å². The number of rotatable bonds is 6. The van der Waals surface area contributed by atoms with Crippen molar-refractivity contribution in [1.29, 1.82) is 0 Å². The first-order chi connectivity index (χ1) is 10.5. The summed E-state index contributed by atoms with van der Waals surface area (Å²) in [6.45, 7) is 3.44. The second-order valence-electron chi connectivity index (χ2n) is 5.15. The van der Waals surface area contributed by atoms with Crippen molar-refractivity contribution >= 4 is 23.0 Å². The summed E-state index contributed by atoms with van der Waals surface area (Å²) in [5.74, 6) is 0.635. The number of ketones is 1. The molecule has 0 aliphatic carbocycles. The Labute approximate surface area is 134 Å². The van der Waals surface area contributed by atoms with Crippen LogP contribution >= 0.6 is 11.3 Å². The molecule has 1 atom stereocenters. The lowest BCUT2D eigenvalue weighted by Crippen LogP contribution is -2.33. The van der Waals surface area contributed by atoms with E-state index in [1.54, 1.807) is 18.6 Å². The van der Waals surface area contributed by atoms with Crippen LogP contribution in [0, 0.1) is 0 Å². The maximum atomic E-state index is 12.2. The van der Waals surface area contributed by atoms with Gasteiger partial charge >= 0.3 is 0 Å². The first-order valence-corrected chi connectivity index (χ1v) is 7.91. The van der Waals surface area contributed by atoms with Crippen LogP contribution in [0.4, 0.5) is 0 Å². The van der Waals surface area contributed by atoms with Gasteiger partial charge in [0.15, 0.2) is 5.78 Å². The van der Waals surface area contributed by atoms with E-state index in [9.17, 15) is 9.59 Å². The standard InChI is InChI=1S/C17H19NO3S/c1-11(8-13-6-4-5-7-15(13)21-3)18-17(20)14-9-16(12(2)19)22-10-14/h4-7,9-11H,8H2,1-3H3,(H,18,20). The third-order valence-corrected chi connectivity index (χ3v) is 4.34. The summed E-state index contributed by atoms with van der Waals surface area (Å²) in [6.07, 6.45) is 0.680. The number of amides is 1. The molecule has 0 bridgehead atoms. The van der Waals surface area contributed by atoms with Gasteiger partial charge in [-0.05, 0) is 38.0 Å². The van der Waals surface area contributed by atoms with E-state index in [0.29, 0.717) is 16.9 Å². The van der Waals surface area contributed by atoms with Gasteiger partial charge in [0.1, 0.15) is 5.75 Å². The minimum absolute atomic E-state index is 0.0221. The smallest absolute Gasteiger partial charge is 0.252 e. The number of benzene rings is 1. The first-order valence-electron chi connectivity index (χ1n) is 7.03. The third kappa shape index (κ3) is 3.95. The van der Waals surface area contributed by atoms with Gasteiger partial charge in [0.25, 0.3) is 5.91 Å². The predicted molar refractivity (Wildman–Crippen MR) is 87.9 cm³/mol. The molecule has 1 aromatic heterocycles. The topological polar surface area (TPSA) is 55.4 Å². The van der Waals surface area contributed by atoms with E-state index in [4.69, 9.17) is 4.74 Å². The van der Waals surface area contributed by atoms with E-state index in [2.05, 4.69) is 5.32 Å². The molecule has 0 saturated heterocycles. The Morgan fingerprint density at radius 2 is 2.05 bits per heavy atom. The van der Waals surface area contributed by atoms with Gasteiger partial charge in [0.2, 0.25) is 0 Å². The predicted octanol–water partition coefficient (Wildman–Crippen LogP) is 3.32. The molecule has 1 amide bonds. The Bertz CT molecular complexity index is 678. The molecule has 22 heavy (non-hydrogen) atoms. The Balaban J connectivity index is 2.00. The SMILES string of the molecule is COc1ccccc1CC(C)NC(=O)c1csc(C(C)=O)c1. The number of nitrogens with one attached hydrogen (secondary N) is 1. The lowest BCUT2D eigenvalue weighted by molar-refractivity contribution is 0.0940. The molecular formula is C17H19NO3S. The van der Waals surface area contributed by atoms with Crippen LogP contribution in [0.25, 0.3) is 0 Å². The molecule has 1 N–H and O–H groups in total. The number of thiophene rings is 1. The second kappa shape index (κ2) is 7.22. The molecule has 1 aromatic carbocycles. The highest BCUT2D eigenvalue weighted by Gasteiger charge is 2.14. The molecule has 2 aromatic rings. The number of hydrogen-bond acceptors (Lipinski definition) is 4. The van der Waals surface area contributed by atoms with Gasteiger partial charge in [-0.1, -0.05) is 18.2 Å². The Hall–Kier alpha value is -2.14. The molecule has 4 nitrogen and oxygen atoms in total. The van der Waals surface area contributed by atoms with Crippen LogP contribution in [0.1, 0.15) is 39.4 Å². The fourth-order valence-electron chi connectivity index (χ4n) is 2.20. The van der Waals surface area contributed by atoms with Crippen molar-refractivity contribution in [2.45, 2.75) is 26.3 Å². The van der Waals surface area contributed by atoms with Gasteiger partial charge in [-0.2, -0.15) is 0 Å². The molecular weight excluding hydrogens is 298 g/mol. The molecule has 1 heterocycles. The van der Waals surface area contributed by atoms with Gasteiger partial charge in [-0.15, -0.1) is 11.3 Å². The van der Waals surface area contributed by atoms with Crippen LogP contribution in [0.15, 0.2) is 35.7 Å². The van der Waals surface area contributed by atoms with Gasteiger partial charge in [-0.3, -0.25) is 9.59 Å². The number of hydrogen-bond donors (Lipinski definition) is 1. The molecule has 0 saturated carbocycles. The van der Waals surface area contributed by atoms with Crippen LogP contribution in [-0.4, -0.2) is 24.8 Å². The van der Waals surface area contributed by atoms with Crippen molar-refractivity contribution in [3.05, 3.63) is 51.7 Å². The summed E-state index contributed by atoms with van der Waals surface area (Å²) in [7, 11) is 1.64. The molecule has 0 radical (unpaired) electrons. The summed E-state index contributed by atoms with van der Waals surface area (Å²) in [4.78, 5) is 24.1. The normalized spacial score (nSPS) is 11.8. The van der Waals surface area contributed by atoms with Crippen molar-refractivity contribution in [2.75, 3.05) is 7.11 Å². The average Bonchev–Trinajstić information content (AvgIpc) is 2.98. The van der Waals surface area contributed by atoms with Crippen molar-refractivity contribution in [3.63, 3.8) is 0 Å². The molecule has 2 rings (SSSR count). The van der Waals surface area contributed by atoms with Crippen LogP contribution in [0.5, 0.6) is 5.75 Å². The molecule has 5 heteroatoms. The summed E-state index contributed by atoms with van der Waals surface area (Å²) < 4.78 is 5.32. The molecule has 0 aliphatic heterocycles. The highest BCUT2D eigenvalue weighted by atomic mass is 32.1. The maximum absolute atomic E-state index is 12.2. The van der Waals surface area contributed by atoms with Crippen molar-refractivity contribution in [2.24, 2.45) is 0 Å². The number of carbonyl (C=O) groups is 2. The summed E-state index contributed by atoms with van der Waals surface area (Å²) in [6, 6.07) is 9.36. The Morgan fingerprint density at radius 3 is 2.68 bits per heavy atom. The van der Waals surface area contributed by atoms with Crippen LogP contribution < -0.4 is 10.1 Å². The zero-order chi connectivity index (χ0) is 16.1. The van der Waals surface area contributed by atoms with Crippen molar-refractivity contribution in [1.82, 2.24) is 5.32 Å². The van der Waals surface area contributed by atoms with Crippen LogP contribution in [0.2, 0.25) is 0 Å². The van der Waals surface area contributed by atoms with E-state index in [1.165, 1.54) is 18.3 Å². The maximum Gasteiger partial charge on any atom is 0.252 e. The highest BCUT2D eigenvalue weighted by molar-refractivity contribution is 7.12. The lowest BCUT2D eigenvalue weighted by atomic mass is 10.1. The van der Waals surface area contributed by atoms with E-state index < -0.39 is 0 Å². The fourth-order valence-corrected chi connectivity index (χ4v) is 2.99. The van der Waals surface area contributed by atoms with E-state index in [1.807, 2.05) is 31.2 Å². The van der Waals surface area contributed by atoms with Gasteiger partial charge in [-0.25, -0.2) is 0 Å². The van der Waals surface area contributed by atoms with Crippen molar-refractivity contribution in [3.8, 4) is 5.75 Å². The second-order valence-corrected chi connectivity index (χ2v) is 6.06. The molecule has 0 aliphatic rings. The zero-order valence-corrected chi connectivity index (χ0v) is 13.7. The monoisotopic (exact) mass is 317 g/mol. The fraction of sp³-hybridized carbons (Fsp3) is 0.294. The quantitative estimate of drug-likeness (QED) is 0.832. The number of Topliss-reactive ketones (excluding diaryl/α,β-unsaturated/α-hetero) is 1. The molecule has 116 valence electrons. The number of carbonyl (C=O) groups excluding carboxylic acids is 2. The zero-order valence-electron chi connectivity index (χ0n) is 12.9. The third-order valence-electron chi connectivity index (χ3n) is 3.30. The highest BCUT2D eigenvalue weighted by Crippen LogP contribution is 2.19. The van der Waals surface area contributed by atoms with Gasteiger partial charge < -0.3 is 10.1 Å². The first kappa shape index (κ1) is 16.2. The average molecular weight is 317 g/mol. The van der Waals surface area contributed by atoms with Crippen LogP contribution in [0.3, 0.4) is 0 Å². The minimum Gasteiger partial charge on any atom is -0.496 e. The molecule has 1 unspecified atom stereocenters. The van der Waals surface area contributed by atoms with Crippen molar-refractivity contribution < 1.29 is 14.3 Å². The van der Waals surface area contributed by atoms with Gasteiger partial charge in [0, 0.05) is 11.4 Å². The molecule has 0 spiro atoms. The Morgan fingerprint density at radius 1 is 1.32 bits per heavy atom. The summed E-state index contributed by atoms with van der Waals surface area (Å²) in [5.41, 5.74) is 1.58. The number of methoxy groups -OCH3 is 1. The lowest BCUT2D eigenvalue weighted by Gasteiger charge is -2.15. The largest absolute Gasteiger partial charge is 0.496 e. The summed E-state index contributed by atoms with van der Waals surface area (Å²) >= 11 is 1.29. The number of para-hydroxylation sites is 1. The molecule has 0 fully saturated rings. The van der Waals surface area contributed by atoms with E-state index in [-0.39, 0.29) is 17.7 Å². The van der Waals surface area contributed by atoms with Gasteiger partial charge in [0.05, 0.1) is 17.6 Å². The minimum atomic E-state index is -0.161. The Kier molecular flexibility index (Phi) is 5.33. The van der Waals surface area contributed by atoms with E-state index >= 15 is 0 Å². The summed E-state index contributed by atoms with van der Waals surface area (Å²) in [5, 5.41) is 4.66.